The van der Waals surface area contributed by atoms with Gasteiger partial charge in [-0.2, -0.15) is 5.10 Å². The lowest BCUT2D eigenvalue weighted by molar-refractivity contribution is 0.0950. The van der Waals surface area contributed by atoms with Crippen LogP contribution in [0.4, 0.5) is 0 Å². The van der Waals surface area contributed by atoms with E-state index in [-0.39, 0.29) is 11.6 Å². The Morgan fingerprint density at radius 2 is 2.35 bits per heavy atom. The first-order chi connectivity index (χ1) is 8.25. The van der Waals surface area contributed by atoms with Gasteiger partial charge in [-0.05, 0) is 19.1 Å². The lowest BCUT2D eigenvalue weighted by Gasteiger charge is -1.96. The number of aryl methyl sites for hydroxylation is 1. The van der Waals surface area contributed by atoms with E-state index in [0.717, 1.165) is 4.88 Å². The third kappa shape index (κ3) is 3.18. The first-order valence-corrected chi connectivity index (χ1v) is 5.73. The number of aromatic nitrogens is 2. The van der Waals surface area contributed by atoms with Crippen LogP contribution in [0.3, 0.4) is 0 Å². The van der Waals surface area contributed by atoms with E-state index in [1.807, 2.05) is 19.1 Å². The number of rotatable bonds is 3. The maximum Gasteiger partial charge on any atom is 0.291 e. The third-order valence-electron chi connectivity index (χ3n) is 1.91. The Bertz CT molecular complexity index is 535. The summed E-state index contributed by atoms with van der Waals surface area (Å²) in [7, 11) is 0. The number of nitrogens with one attached hydrogen (secondary N) is 1. The van der Waals surface area contributed by atoms with Crippen molar-refractivity contribution in [1.29, 1.82) is 0 Å². The normalized spacial score (nSPS) is 10.6. The summed E-state index contributed by atoms with van der Waals surface area (Å²) in [6.07, 6.45) is 5.96. The van der Waals surface area contributed by atoms with Gasteiger partial charge in [-0.25, -0.2) is 10.4 Å². The second kappa shape index (κ2) is 5.31. The van der Waals surface area contributed by atoms with Crippen LogP contribution < -0.4 is 5.43 Å². The molecule has 0 radical (unpaired) electrons. The second-order valence-corrected chi connectivity index (χ2v) is 4.56. The molecule has 1 N–H and O–H groups in total. The molecule has 0 saturated heterocycles. The van der Waals surface area contributed by atoms with E-state index in [1.165, 1.54) is 23.5 Å². The van der Waals surface area contributed by atoms with Gasteiger partial charge in [0.2, 0.25) is 0 Å². The first-order valence-electron chi connectivity index (χ1n) is 4.91. The molecule has 5 nitrogen and oxygen atoms in total. The Kier molecular flexibility index (Phi) is 3.56. The van der Waals surface area contributed by atoms with Gasteiger partial charge < -0.3 is 0 Å². The topological polar surface area (TPSA) is 67.2 Å². The van der Waals surface area contributed by atoms with Crippen molar-refractivity contribution in [3.8, 4) is 0 Å². The van der Waals surface area contributed by atoms with Gasteiger partial charge in [0.1, 0.15) is 5.69 Å². The van der Waals surface area contributed by atoms with Gasteiger partial charge in [0.05, 0.1) is 12.4 Å². The van der Waals surface area contributed by atoms with Crippen LogP contribution in [0.5, 0.6) is 0 Å². The number of hydrogen-bond acceptors (Lipinski definition) is 5. The maximum atomic E-state index is 11.5. The average molecular weight is 246 g/mol. The van der Waals surface area contributed by atoms with Crippen LogP contribution in [-0.4, -0.2) is 22.1 Å². The molecule has 86 valence electrons. The molecule has 2 aromatic heterocycles. The highest BCUT2D eigenvalue weighted by Crippen LogP contribution is 2.12. The predicted octanol–water partition coefficient (Wildman–Crippen LogP) is 1.61. The Labute approximate surface area is 102 Å². The molecule has 2 rings (SSSR count). The highest BCUT2D eigenvalue weighted by atomic mass is 32.1. The van der Waals surface area contributed by atoms with E-state index in [1.54, 1.807) is 17.6 Å². The summed E-state index contributed by atoms with van der Waals surface area (Å²) >= 11 is 1.61. The molecule has 0 spiro atoms. The summed E-state index contributed by atoms with van der Waals surface area (Å²) in [6, 6.07) is 3.94. The van der Waals surface area contributed by atoms with Crippen LogP contribution in [0, 0.1) is 6.92 Å². The summed E-state index contributed by atoms with van der Waals surface area (Å²) in [4.78, 5) is 21.4. The van der Waals surface area contributed by atoms with Gasteiger partial charge in [0.25, 0.3) is 5.91 Å². The number of hydrogen-bond donors (Lipinski definition) is 1. The summed E-state index contributed by atoms with van der Waals surface area (Å²) in [5.74, 6) is -0.373. The molecule has 0 aliphatic heterocycles. The molecule has 0 bridgehead atoms. The van der Waals surface area contributed by atoms with Gasteiger partial charge in [-0.15, -0.1) is 11.3 Å². The molecular weight excluding hydrogens is 236 g/mol. The summed E-state index contributed by atoms with van der Waals surface area (Å²) < 4.78 is 0. The lowest BCUT2D eigenvalue weighted by atomic mass is 10.4. The van der Waals surface area contributed by atoms with E-state index in [2.05, 4.69) is 20.5 Å². The van der Waals surface area contributed by atoms with Crippen LogP contribution >= 0.6 is 11.3 Å². The molecule has 0 atom stereocenters. The van der Waals surface area contributed by atoms with Crippen molar-refractivity contribution in [3.63, 3.8) is 0 Å². The molecule has 2 aromatic rings. The van der Waals surface area contributed by atoms with Crippen molar-refractivity contribution in [3.05, 3.63) is 46.2 Å². The second-order valence-electron chi connectivity index (χ2n) is 3.24. The summed E-state index contributed by atoms with van der Waals surface area (Å²) in [5.41, 5.74) is 2.63. The molecule has 0 fully saturated rings. The Morgan fingerprint density at radius 3 is 3.00 bits per heavy atom. The number of carbonyl (C=O) groups excluding carboxylic acids is 1. The van der Waals surface area contributed by atoms with Crippen LogP contribution in [0.2, 0.25) is 0 Å². The zero-order valence-electron chi connectivity index (χ0n) is 9.12. The fourth-order valence-electron chi connectivity index (χ4n) is 1.15. The highest BCUT2D eigenvalue weighted by molar-refractivity contribution is 7.13. The molecule has 0 unspecified atom stereocenters. The van der Waals surface area contributed by atoms with E-state index in [4.69, 9.17) is 0 Å². The molecule has 0 aromatic carbocycles. The van der Waals surface area contributed by atoms with Crippen LogP contribution in [0.1, 0.15) is 20.2 Å². The van der Waals surface area contributed by atoms with Crippen molar-refractivity contribution in [2.75, 3.05) is 0 Å². The molecule has 2 heterocycles. The summed E-state index contributed by atoms with van der Waals surface area (Å²) in [6.45, 7) is 2.01. The van der Waals surface area contributed by atoms with Gasteiger partial charge in [-0.1, -0.05) is 0 Å². The van der Waals surface area contributed by atoms with Gasteiger partial charge in [0, 0.05) is 22.1 Å². The van der Waals surface area contributed by atoms with E-state index in [9.17, 15) is 4.79 Å². The molecule has 6 heteroatoms. The molecule has 1 amide bonds. The molecular formula is C11H10N4OS. The number of amides is 1. The third-order valence-corrected chi connectivity index (χ3v) is 2.85. The minimum Gasteiger partial charge on any atom is -0.265 e. The summed E-state index contributed by atoms with van der Waals surface area (Å²) in [5, 5.41) is 3.85. The van der Waals surface area contributed by atoms with Crippen LogP contribution in [0.15, 0.2) is 35.8 Å². The van der Waals surface area contributed by atoms with E-state index >= 15 is 0 Å². The van der Waals surface area contributed by atoms with Crippen LogP contribution in [0.25, 0.3) is 0 Å². The largest absolute Gasteiger partial charge is 0.291 e. The Balaban J connectivity index is 1.95. The fourth-order valence-corrected chi connectivity index (χ4v) is 1.90. The van der Waals surface area contributed by atoms with Crippen LogP contribution in [-0.2, 0) is 0 Å². The van der Waals surface area contributed by atoms with Crippen molar-refractivity contribution in [2.45, 2.75) is 6.92 Å². The SMILES string of the molecule is Cc1ccc(/C=N\NC(=O)c2cnccn2)s1. The standard InChI is InChI=1S/C11H10N4OS/c1-8-2-3-9(17-8)6-14-15-11(16)10-7-12-4-5-13-10/h2-7H,1H3,(H,15,16)/b14-6-. The smallest absolute Gasteiger partial charge is 0.265 e. The fraction of sp³-hybridized carbons (Fsp3) is 0.0909. The average Bonchev–Trinajstić information content (AvgIpc) is 2.76. The van der Waals surface area contributed by atoms with Crippen molar-refractivity contribution in [2.24, 2.45) is 5.10 Å². The lowest BCUT2D eigenvalue weighted by Crippen LogP contribution is -2.18. The van der Waals surface area contributed by atoms with Gasteiger partial charge in [-0.3, -0.25) is 9.78 Å². The quantitative estimate of drug-likeness (QED) is 0.661. The molecule has 0 aliphatic carbocycles. The Morgan fingerprint density at radius 1 is 1.47 bits per heavy atom. The first kappa shape index (κ1) is 11.4. The monoisotopic (exact) mass is 246 g/mol. The maximum absolute atomic E-state index is 11.5. The van der Waals surface area contributed by atoms with Gasteiger partial charge in [0.15, 0.2) is 0 Å². The predicted molar refractivity (Wildman–Crippen MR) is 66.1 cm³/mol. The number of thiophene rings is 1. The zero-order chi connectivity index (χ0) is 12.1. The minimum absolute atomic E-state index is 0.243. The molecule has 17 heavy (non-hydrogen) atoms. The number of carbonyl (C=O) groups is 1. The molecule has 0 saturated carbocycles. The number of hydrazone groups is 1. The Hall–Kier alpha value is -2.08. The number of nitrogens with zero attached hydrogens (tertiary/aromatic N) is 3. The minimum atomic E-state index is -0.373. The van der Waals surface area contributed by atoms with E-state index < -0.39 is 0 Å². The zero-order valence-corrected chi connectivity index (χ0v) is 9.94. The highest BCUT2D eigenvalue weighted by Gasteiger charge is 2.04. The van der Waals surface area contributed by atoms with Crippen molar-refractivity contribution < 1.29 is 4.79 Å². The molecule has 0 aliphatic rings. The van der Waals surface area contributed by atoms with Gasteiger partial charge >= 0.3 is 0 Å². The van der Waals surface area contributed by atoms with E-state index in [0.29, 0.717) is 0 Å². The van der Waals surface area contributed by atoms with Crippen molar-refractivity contribution >= 4 is 23.5 Å². The van der Waals surface area contributed by atoms with Crippen molar-refractivity contribution in [1.82, 2.24) is 15.4 Å².